The fourth-order valence-electron chi connectivity index (χ4n) is 1.24. The first-order chi connectivity index (χ1) is 8.65. The van der Waals surface area contributed by atoms with E-state index in [0.29, 0.717) is 5.56 Å². The number of nitro groups is 1. The Morgan fingerprint density at radius 1 is 1.53 bits per heavy atom. The predicted octanol–water partition coefficient (Wildman–Crippen LogP) is 0.920. The van der Waals surface area contributed by atoms with Crippen molar-refractivity contribution < 1.29 is 23.2 Å². The van der Waals surface area contributed by atoms with E-state index in [-0.39, 0.29) is 5.02 Å². The molecular weight excluding hydrogens is 300 g/mol. The average Bonchev–Trinajstić information content (AvgIpc) is 2.29. The van der Waals surface area contributed by atoms with Gasteiger partial charge in [0.1, 0.15) is 6.54 Å². The molecule has 0 spiro atoms. The van der Waals surface area contributed by atoms with Gasteiger partial charge in [-0.25, -0.2) is 8.42 Å². The summed E-state index contributed by atoms with van der Waals surface area (Å²) in [5.41, 5.74) is -0.328. The number of carboxylic acid groups (broad SMARTS) is 1. The zero-order valence-electron chi connectivity index (χ0n) is 9.58. The second-order valence-corrected chi connectivity index (χ2v) is 5.69. The van der Waals surface area contributed by atoms with Crippen molar-refractivity contribution in [2.45, 2.75) is 11.8 Å². The van der Waals surface area contributed by atoms with Crippen molar-refractivity contribution in [3.63, 3.8) is 0 Å². The summed E-state index contributed by atoms with van der Waals surface area (Å²) in [5.74, 6) is -1.41. The van der Waals surface area contributed by atoms with E-state index in [1.54, 1.807) is 4.72 Å². The Bertz CT molecular complexity index is 642. The molecule has 1 rings (SSSR count). The molecule has 104 valence electrons. The van der Waals surface area contributed by atoms with Crippen LogP contribution < -0.4 is 4.72 Å². The molecule has 0 bridgehead atoms. The Morgan fingerprint density at radius 3 is 2.58 bits per heavy atom. The summed E-state index contributed by atoms with van der Waals surface area (Å²) >= 11 is 5.73. The molecule has 0 aliphatic carbocycles. The van der Waals surface area contributed by atoms with E-state index in [1.807, 2.05) is 0 Å². The molecular formula is C9H9ClN2O6S. The molecule has 0 fully saturated rings. The van der Waals surface area contributed by atoms with E-state index < -0.39 is 38.0 Å². The first-order valence-corrected chi connectivity index (χ1v) is 6.67. The molecule has 1 aromatic rings. The summed E-state index contributed by atoms with van der Waals surface area (Å²) in [5, 5.41) is 19.3. The van der Waals surface area contributed by atoms with E-state index in [2.05, 4.69) is 0 Å². The number of nitrogens with zero attached hydrogens (tertiary/aromatic N) is 1. The third-order valence-electron chi connectivity index (χ3n) is 2.14. The summed E-state index contributed by atoms with van der Waals surface area (Å²) in [6.45, 7) is 0.599. The van der Waals surface area contributed by atoms with Crippen molar-refractivity contribution in [2.75, 3.05) is 6.54 Å². The number of carboxylic acids is 1. The number of nitro benzene ring substituents is 1. The first kappa shape index (κ1) is 15.3. The van der Waals surface area contributed by atoms with Gasteiger partial charge in [-0.1, -0.05) is 11.6 Å². The lowest BCUT2D eigenvalue weighted by Gasteiger charge is -2.07. The highest BCUT2D eigenvalue weighted by molar-refractivity contribution is 7.89. The van der Waals surface area contributed by atoms with Gasteiger partial charge in [-0.05, 0) is 18.6 Å². The Balaban J connectivity index is 3.36. The van der Waals surface area contributed by atoms with Crippen LogP contribution in [0.3, 0.4) is 0 Å². The summed E-state index contributed by atoms with van der Waals surface area (Å²) in [6, 6.07) is 1.93. The normalized spacial score (nSPS) is 11.3. The Labute approximate surface area is 113 Å². The van der Waals surface area contributed by atoms with Gasteiger partial charge in [-0.2, -0.15) is 4.72 Å². The number of benzene rings is 1. The number of rotatable bonds is 5. The van der Waals surface area contributed by atoms with Crippen molar-refractivity contribution in [1.82, 2.24) is 4.72 Å². The fraction of sp³-hybridized carbons (Fsp3) is 0.222. The van der Waals surface area contributed by atoms with Gasteiger partial charge in [0.2, 0.25) is 10.0 Å². The van der Waals surface area contributed by atoms with Crippen LogP contribution in [0.25, 0.3) is 0 Å². The molecule has 0 aromatic heterocycles. The first-order valence-electron chi connectivity index (χ1n) is 4.81. The van der Waals surface area contributed by atoms with Crippen molar-refractivity contribution in [2.24, 2.45) is 0 Å². The van der Waals surface area contributed by atoms with Crippen LogP contribution in [0, 0.1) is 17.0 Å². The zero-order valence-corrected chi connectivity index (χ0v) is 11.2. The van der Waals surface area contributed by atoms with Gasteiger partial charge in [0.25, 0.3) is 5.69 Å². The van der Waals surface area contributed by atoms with Crippen molar-refractivity contribution >= 4 is 33.3 Å². The maximum absolute atomic E-state index is 11.8. The fourth-order valence-corrected chi connectivity index (χ4v) is 2.62. The average molecular weight is 309 g/mol. The van der Waals surface area contributed by atoms with Crippen molar-refractivity contribution in [3.05, 3.63) is 32.8 Å². The van der Waals surface area contributed by atoms with Crippen LogP contribution in [0.2, 0.25) is 5.02 Å². The van der Waals surface area contributed by atoms with Gasteiger partial charge in [0.05, 0.1) is 4.92 Å². The summed E-state index contributed by atoms with van der Waals surface area (Å²) < 4.78 is 25.3. The largest absolute Gasteiger partial charge is 0.480 e. The lowest BCUT2D eigenvalue weighted by Crippen LogP contribution is -2.29. The third kappa shape index (κ3) is 3.63. The minimum atomic E-state index is -4.33. The Hall–Kier alpha value is -1.71. The molecule has 10 heteroatoms. The minimum Gasteiger partial charge on any atom is -0.480 e. The molecule has 0 aliphatic heterocycles. The molecule has 0 heterocycles. The van der Waals surface area contributed by atoms with Crippen LogP contribution in [0.5, 0.6) is 0 Å². The highest BCUT2D eigenvalue weighted by Crippen LogP contribution is 2.29. The number of hydrogen-bond acceptors (Lipinski definition) is 5. The molecule has 0 unspecified atom stereocenters. The lowest BCUT2D eigenvalue weighted by atomic mass is 10.2. The van der Waals surface area contributed by atoms with Crippen LogP contribution in [0.1, 0.15) is 5.56 Å². The predicted molar refractivity (Wildman–Crippen MR) is 65.7 cm³/mol. The SMILES string of the molecule is Cc1cc([N+](=O)[O-])c(S(=O)(=O)NCC(=O)O)cc1Cl. The van der Waals surface area contributed by atoms with Crippen LogP contribution >= 0.6 is 11.6 Å². The molecule has 2 N–H and O–H groups in total. The van der Waals surface area contributed by atoms with Crippen molar-refractivity contribution in [1.29, 1.82) is 0 Å². The van der Waals surface area contributed by atoms with Gasteiger partial charge in [0, 0.05) is 11.1 Å². The van der Waals surface area contributed by atoms with E-state index in [1.165, 1.54) is 6.92 Å². The number of aryl methyl sites for hydroxylation is 1. The highest BCUT2D eigenvalue weighted by Gasteiger charge is 2.27. The minimum absolute atomic E-state index is 0.0290. The topological polar surface area (TPSA) is 127 Å². The van der Waals surface area contributed by atoms with Crippen molar-refractivity contribution in [3.8, 4) is 0 Å². The van der Waals surface area contributed by atoms with Crippen LogP contribution in [-0.4, -0.2) is 31.0 Å². The molecule has 0 atom stereocenters. The molecule has 8 nitrogen and oxygen atoms in total. The number of nitrogens with one attached hydrogen (secondary N) is 1. The lowest BCUT2D eigenvalue weighted by molar-refractivity contribution is -0.387. The van der Waals surface area contributed by atoms with Crippen LogP contribution in [-0.2, 0) is 14.8 Å². The van der Waals surface area contributed by atoms with Crippen LogP contribution in [0.4, 0.5) is 5.69 Å². The van der Waals surface area contributed by atoms with E-state index in [4.69, 9.17) is 16.7 Å². The zero-order chi connectivity index (χ0) is 14.8. The molecule has 0 saturated carbocycles. The Kier molecular flexibility index (Phi) is 4.45. The van der Waals surface area contributed by atoms with Gasteiger partial charge in [-0.15, -0.1) is 0 Å². The second kappa shape index (κ2) is 5.51. The van der Waals surface area contributed by atoms with Gasteiger partial charge < -0.3 is 5.11 Å². The molecule has 0 saturated heterocycles. The quantitative estimate of drug-likeness (QED) is 0.615. The molecule has 1 aromatic carbocycles. The van der Waals surface area contributed by atoms with E-state index in [9.17, 15) is 23.3 Å². The third-order valence-corrected chi connectivity index (χ3v) is 3.98. The van der Waals surface area contributed by atoms with Gasteiger partial charge >= 0.3 is 5.97 Å². The molecule has 0 radical (unpaired) electrons. The monoisotopic (exact) mass is 308 g/mol. The number of hydrogen-bond donors (Lipinski definition) is 2. The second-order valence-electron chi connectivity index (χ2n) is 3.54. The molecule has 0 amide bonds. The maximum Gasteiger partial charge on any atom is 0.318 e. The van der Waals surface area contributed by atoms with E-state index in [0.717, 1.165) is 12.1 Å². The number of carbonyl (C=O) groups is 1. The summed E-state index contributed by atoms with van der Waals surface area (Å²) in [6.07, 6.45) is 0. The van der Waals surface area contributed by atoms with Gasteiger partial charge in [-0.3, -0.25) is 14.9 Å². The maximum atomic E-state index is 11.8. The van der Waals surface area contributed by atoms with E-state index >= 15 is 0 Å². The summed E-state index contributed by atoms with van der Waals surface area (Å²) in [7, 11) is -4.33. The molecule has 19 heavy (non-hydrogen) atoms. The molecule has 0 aliphatic rings. The standard InChI is InChI=1S/C9H9ClN2O6S/c1-5-2-7(12(15)16)8(3-6(5)10)19(17,18)11-4-9(13)14/h2-3,11H,4H2,1H3,(H,13,14). The van der Waals surface area contributed by atoms with Crippen LogP contribution in [0.15, 0.2) is 17.0 Å². The number of aliphatic carboxylic acids is 1. The summed E-state index contributed by atoms with van der Waals surface area (Å²) in [4.78, 5) is 19.6. The van der Waals surface area contributed by atoms with Gasteiger partial charge in [0.15, 0.2) is 4.90 Å². The number of halogens is 1. The number of sulfonamides is 1. The highest BCUT2D eigenvalue weighted by atomic mass is 35.5. The Morgan fingerprint density at radius 2 is 2.11 bits per heavy atom. The smallest absolute Gasteiger partial charge is 0.318 e.